The molecule has 0 amide bonds. The van der Waals surface area contributed by atoms with Gasteiger partial charge in [-0.05, 0) is 49.0 Å². The van der Waals surface area contributed by atoms with Crippen LogP contribution >= 0.6 is 11.3 Å². The van der Waals surface area contributed by atoms with Gasteiger partial charge < -0.3 is 4.74 Å². The molecule has 3 nitrogen and oxygen atoms in total. The fourth-order valence-corrected chi connectivity index (χ4v) is 3.90. The third-order valence-electron chi connectivity index (χ3n) is 3.96. The van der Waals surface area contributed by atoms with E-state index in [1.54, 1.807) is 18.4 Å². The third kappa shape index (κ3) is 3.05. The number of rotatable bonds is 3. The molecule has 0 aliphatic heterocycles. The van der Waals surface area contributed by atoms with Crippen LogP contribution in [0.25, 0.3) is 11.6 Å². The molecule has 1 atom stereocenters. The van der Waals surface area contributed by atoms with Crippen molar-refractivity contribution in [2.75, 3.05) is 7.11 Å². The highest BCUT2D eigenvalue weighted by Gasteiger charge is 2.20. The van der Waals surface area contributed by atoms with Crippen molar-refractivity contribution in [1.82, 2.24) is 4.98 Å². The van der Waals surface area contributed by atoms with Crippen LogP contribution in [0.5, 0.6) is 5.75 Å². The predicted molar refractivity (Wildman–Crippen MR) is 89.8 cm³/mol. The van der Waals surface area contributed by atoms with Gasteiger partial charge in [-0.1, -0.05) is 19.1 Å². The van der Waals surface area contributed by atoms with E-state index >= 15 is 0 Å². The van der Waals surface area contributed by atoms with Gasteiger partial charge >= 0.3 is 0 Å². The summed E-state index contributed by atoms with van der Waals surface area (Å²) in [6.07, 6.45) is 5.22. The summed E-state index contributed by atoms with van der Waals surface area (Å²) in [6.45, 7) is 2.28. The number of aromatic nitrogens is 1. The standard InChI is InChI=1S/C18H18N2OS/c1-12-3-8-16-17(9-12)22-18(20-16)14(11-19)10-13-4-6-15(21-2)7-5-13/h4-7,10,12H,3,8-9H2,1-2H3/b14-10+/t12-/m0/s1. The first kappa shape index (κ1) is 14.8. The van der Waals surface area contributed by atoms with E-state index in [1.807, 2.05) is 30.3 Å². The van der Waals surface area contributed by atoms with E-state index in [4.69, 9.17) is 4.74 Å². The van der Waals surface area contributed by atoms with Crippen LogP contribution in [0, 0.1) is 17.2 Å². The van der Waals surface area contributed by atoms with Crippen LogP contribution in [0.15, 0.2) is 24.3 Å². The van der Waals surface area contributed by atoms with Crippen molar-refractivity contribution in [3.05, 3.63) is 45.4 Å². The second kappa shape index (κ2) is 6.33. The minimum Gasteiger partial charge on any atom is -0.497 e. The van der Waals surface area contributed by atoms with E-state index in [0.717, 1.165) is 35.1 Å². The summed E-state index contributed by atoms with van der Waals surface area (Å²) in [6, 6.07) is 9.99. The molecule has 0 unspecified atom stereocenters. The zero-order valence-corrected chi connectivity index (χ0v) is 13.6. The molecule has 0 saturated carbocycles. The molecular weight excluding hydrogens is 292 g/mol. The largest absolute Gasteiger partial charge is 0.497 e. The van der Waals surface area contributed by atoms with Gasteiger partial charge in [0.15, 0.2) is 0 Å². The Balaban J connectivity index is 1.90. The maximum absolute atomic E-state index is 9.48. The zero-order chi connectivity index (χ0) is 15.5. The van der Waals surface area contributed by atoms with Gasteiger partial charge in [0.05, 0.1) is 18.4 Å². The molecule has 0 fully saturated rings. The molecule has 0 bridgehead atoms. The molecule has 2 aromatic rings. The Morgan fingerprint density at radius 2 is 2.18 bits per heavy atom. The number of methoxy groups -OCH3 is 1. The normalized spacial score (nSPS) is 17.7. The first-order chi connectivity index (χ1) is 10.7. The highest BCUT2D eigenvalue weighted by molar-refractivity contribution is 7.13. The first-order valence-corrected chi connectivity index (χ1v) is 8.26. The van der Waals surface area contributed by atoms with Crippen molar-refractivity contribution >= 4 is 23.0 Å². The van der Waals surface area contributed by atoms with Crippen molar-refractivity contribution in [3.8, 4) is 11.8 Å². The van der Waals surface area contributed by atoms with Gasteiger partial charge in [-0.15, -0.1) is 11.3 Å². The second-order valence-corrected chi connectivity index (χ2v) is 6.76. The van der Waals surface area contributed by atoms with Gasteiger partial charge in [0.25, 0.3) is 0 Å². The number of nitriles is 1. The number of hydrogen-bond acceptors (Lipinski definition) is 4. The maximum atomic E-state index is 9.48. The van der Waals surface area contributed by atoms with Crippen LogP contribution in [0.1, 0.15) is 34.5 Å². The Bertz CT molecular complexity index is 737. The van der Waals surface area contributed by atoms with Gasteiger partial charge in [-0.25, -0.2) is 4.98 Å². The molecule has 1 aromatic heterocycles. The Kier molecular flexibility index (Phi) is 4.26. The molecule has 1 aliphatic carbocycles. The highest BCUT2D eigenvalue weighted by atomic mass is 32.1. The zero-order valence-electron chi connectivity index (χ0n) is 12.8. The van der Waals surface area contributed by atoms with Crippen LogP contribution in [0.2, 0.25) is 0 Å². The number of thiazole rings is 1. The first-order valence-electron chi connectivity index (χ1n) is 7.44. The average molecular weight is 310 g/mol. The van der Waals surface area contributed by atoms with Crippen molar-refractivity contribution in [3.63, 3.8) is 0 Å². The molecule has 22 heavy (non-hydrogen) atoms. The molecule has 4 heteroatoms. The SMILES string of the molecule is COc1ccc(/C=C(\C#N)c2nc3c(s2)C[C@@H](C)CC3)cc1. The van der Waals surface area contributed by atoms with Crippen molar-refractivity contribution in [1.29, 1.82) is 5.26 Å². The topological polar surface area (TPSA) is 45.9 Å². The van der Waals surface area contributed by atoms with E-state index < -0.39 is 0 Å². The lowest BCUT2D eigenvalue weighted by molar-refractivity contribution is 0.415. The summed E-state index contributed by atoms with van der Waals surface area (Å²) in [5.74, 6) is 1.53. The molecule has 1 aromatic carbocycles. The van der Waals surface area contributed by atoms with E-state index in [-0.39, 0.29) is 0 Å². The molecule has 1 heterocycles. The summed E-state index contributed by atoms with van der Waals surface area (Å²) in [7, 11) is 1.65. The number of fused-ring (bicyclic) bond motifs is 1. The van der Waals surface area contributed by atoms with E-state index in [9.17, 15) is 5.26 Å². The average Bonchev–Trinajstić information content (AvgIpc) is 2.96. The minimum absolute atomic E-state index is 0.636. The monoisotopic (exact) mass is 310 g/mol. The number of ether oxygens (including phenoxy) is 1. The van der Waals surface area contributed by atoms with Gasteiger partial charge in [0.1, 0.15) is 16.8 Å². The van der Waals surface area contributed by atoms with Gasteiger partial charge in [-0.2, -0.15) is 5.26 Å². The Morgan fingerprint density at radius 3 is 2.86 bits per heavy atom. The number of benzene rings is 1. The second-order valence-electron chi connectivity index (χ2n) is 5.68. The van der Waals surface area contributed by atoms with Gasteiger partial charge in [-0.3, -0.25) is 0 Å². The van der Waals surface area contributed by atoms with Crippen molar-refractivity contribution in [2.45, 2.75) is 26.2 Å². The molecule has 0 radical (unpaired) electrons. The van der Waals surface area contributed by atoms with Crippen LogP contribution in [-0.4, -0.2) is 12.1 Å². The summed E-state index contributed by atoms with van der Waals surface area (Å²) < 4.78 is 5.15. The van der Waals surface area contributed by atoms with Crippen molar-refractivity contribution < 1.29 is 4.74 Å². The number of allylic oxidation sites excluding steroid dienone is 1. The minimum atomic E-state index is 0.636. The Hall–Kier alpha value is -2.12. The maximum Gasteiger partial charge on any atom is 0.134 e. The lowest BCUT2D eigenvalue weighted by Crippen LogP contribution is -2.09. The molecular formula is C18H18N2OS. The highest BCUT2D eigenvalue weighted by Crippen LogP contribution is 2.33. The van der Waals surface area contributed by atoms with Crippen molar-refractivity contribution in [2.24, 2.45) is 5.92 Å². The van der Waals surface area contributed by atoms with E-state index in [2.05, 4.69) is 18.0 Å². The fraction of sp³-hybridized carbons (Fsp3) is 0.333. The summed E-state index contributed by atoms with van der Waals surface area (Å²) >= 11 is 1.67. The Morgan fingerprint density at radius 1 is 1.41 bits per heavy atom. The third-order valence-corrected chi connectivity index (χ3v) is 5.12. The quantitative estimate of drug-likeness (QED) is 0.792. The predicted octanol–water partition coefficient (Wildman–Crippen LogP) is 4.34. The molecule has 0 spiro atoms. The molecule has 112 valence electrons. The van der Waals surface area contributed by atoms with Crippen LogP contribution in [-0.2, 0) is 12.8 Å². The summed E-state index contributed by atoms with van der Waals surface area (Å²) in [5, 5.41) is 10.3. The van der Waals surface area contributed by atoms with Crippen LogP contribution < -0.4 is 4.74 Å². The van der Waals surface area contributed by atoms with Gasteiger partial charge in [0.2, 0.25) is 0 Å². The van der Waals surface area contributed by atoms with Crippen LogP contribution in [0.3, 0.4) is 0 Å². The summed E-state index contributed by atoms with van der Waals surface area (Å²) in [4.78, 5) is 6.04. The molecule has 1 aliphatic rings. The van der Waals surface area contributed by atoms with E-state index in [1.165, 1.54) is 17.0 Å². The van der Waals surface area contributed by atoms with Gasteiger partial charge in [0, 0.05) is 4.88 Å². The summed E-state index contributed by atoms with van der Waals surface area (Å²) in [5.41, 5.74) is 2.81. The molecule has 0 saturated heterocycles. The Labute approximate surface area is 134 Å². The fourth-order valence-electron chi connectivity index (χ4n) is 2.66. The smallest absolute Gasteiger partial charge is 0.134 e. The lowest BCUT2D eigenvalue weighted by Gasteiger charge is -2.15. The number of nitrogens with zero attached hydrogens (tertiary/aromatic N) is 2. The number of hydrogen-bond donors (Lipinski definition) is 0. The van der Waals surface area contributed by atoms with Crippen LogP contribution in [0.4, 0.5) is 0 Å². The molecule has 3 rings (SSSR count). The number of aryl methyl sites for hydroxylation is 1. The van der Waals surface area contributed by atoms with E-state index in [0.29, 0.717) is 5.57 Å². The molecule has 0 N–H and O–H groups in total. The lowest BCUT2D eigenvalue weighted by atomic mass is 9.93.